The highest BCUT2D eigenvalue weighted by Crippen LogP contribution is 2.31. The van der Waals surface area contributed by atoms with E-state index in [1.54, 1.807) is 0 Å². The van der Waals surface area contributed by atoms with Crippen LogP contribution in [0.15, 0.2) is 48.5 Å². The average Bonchev–Trinajstić information content (AvgIpc) is 2.48. The normalized spacial score (nSPS) is 14.8. The number of benzene rings is 2. The Bertz CT molecular complexity index is 591. The molecule has 3 rings (SSSR count). The first-order valence-electron chi connectivity index (χ1n) is 7.88. The standard InChI is InChI=1S/C15H17NO2Si.C3H8/c1-11(2)16-12-7-3-5-9-14(12)19(17,18)15-10-6-4-8-13(15)16;1-3-2/h3-11,17-18H,1-2H3;3H2,1-2H3. The fraction of sp³-hybridized carbons (Fsp3) is 0.333. The molecule has 1 aliphatic rings. The molecule has 0 aromatic heterocycles. The van der Waals surface area contributed by atoms with E-state index in [1.165, 1.54) is 6.42 Å². The molecule has 4 heteroatoms. The third-order valence-corrected chi connectivity index (χ3v) is 5.94. The predicted octanol–water partition coefficient (Wildman–Crippen LogP) is 2.50. The molecular weight excluding hydrogens is 290 g/mol. The van der Waals surface area contributed by atoms with Gasteiger partial charge in [-0.05, 0) is 26.0 Å². The van der Waals surface area contributed by atoms with E-state index < -0.39 is 8.56 Å². The second-order valence-corrected chi connectivity index (χ2v) is 8.30. The summed E-state index contributed by atoms with van der Waals surface area (Å²) in [6.07, 6.45) is 1.25. The third-order valence-electron chi connectivity index (χ3n) is 3.59. The van der Waals surface area contributed by atoms with E-state index in [-0.39, 0.29) is 6.04 Å². The summed E-state index contributed by atoms with van der Waals surface area (Å²) in [4.78, 5) is 23.5. The van der Waals surface area contributed by atoms with Crippen molar-refractivity contribution >= 4 is 30.3 Å². The van der Waals surface area contributed by atoms with Gasteiger partial charge in [0.2, 0.25) is 0 Å². The van der Waals surface area contributed by atoms with Crippen molar-refractivity contribution in [3.05, 3.63) is 48.5 Å². The Kier molecular flexibility index (Phi) is 5.06. The first kappa shape index (κ1) is 16.7. The van der Waals surface area contributed by atoms with Crippen molar-refractivity contribution in [2.24, 2.45) is 0 Å². The molecule has 0 spiro atoms. The van der Waals surface area contributed by atoms with Crippen LogP contribution in [0, 0.1) is 0 Å². The van der Waals surface area contributed by atoms with Gasteiger partial charge in [-0.15, -0.1) is 0 Å². The molecule has 0 saturated carbocycles. The lowest BCUT2D eigenvalue weighted by Crippen LogP contribution is -2.64. The number of rotatable bonds is 1. The van der Waals surface area contributed by atoms with Crippen LogP contribution in [0.5, 0.6) is 0 Å². The molecule has 0 bridgehead atoms. The zero-order valence-corrected chi connectivity index (χ0v) is 14.7. The number of para-hydroxylation sites is 2. The molecule has 2 N–H and O–H groups in total. The predicted molar refractivity (Wildman–Crippen MR) is 95.6 cm³/mol. The molecule has 22 heavy (non-hydrogen) atoms. The van der Waals surface area contributed by atoms with Gasteiger partial charge in [0.15, 0.2) is 0 Å². The molecule has 1 aliphatic heterocycles. The highest BCUT2D eigenvalue weighted by atomic mass is 28.4. The van der Waals surface area contributed by atoms with Crippen molar-refractivity contribution in [1.82, 2.24) is 0 Å². The number of hydrogen-bond donors (Lipinski definition) is 2. The van der Waals surface area contributed by atoms with Crippen molar-refractivity contribution in [3.8, 4) is 0 Å². The minimum atomic E-state index is -3.56. The van der Waals surface area contributed by atoms with Crippen LogP contribution in [-0.4, -0.2) is 24.2 Å². The summed E-state index contributed by atoms with van der Waals surface area (Å²) < 4.78 is 0. The van der Waals surface area contributed by atoms with Gasteiger partial charge in [0.05, 0.1) is 0 Å². The lowest BCUT2D eigenvalue weighted by molar-refractivity contribution is 0.400. The fourth-order valence-electron chi connectivity index (χ4n) is 2.79. The summed E-state index contributed by atoms with van der Waals surface area (Å²) in [5, 5.41) is 1.34. The Hall–Kier alpha value is -1.62. The molecule has 0 atom stereocenters. The Morgan fingerprint density at radius 2 is 1.23 bits per heavy atom. The molecule has 0 fully saturated rings. The molecule has 0 unspecified atom stereocenters. The van der Waals surface area contributed by atoms with Gasteiger partial charge < -0.3 is 14.5 Å². The number of anilines is 2. The monoisotopic (exact) mass is 315 g/mol. The zero-order chi connectivity index (χ0) is 16.3. The Morgan fingerprint density at radius 3 is 1.59 bits per heavy atom. The van der Waals surface area contributed by atoms with Gasteiger partial charge in [0.1, 0.15) is 0 Å². The van der Waals surface area contributed by atoms with Crippen LogP contribution in [-0.2, 0) is 0 Å². The maximum Gasteiger partial charge on any atom is 0.405 e. The molecule has 2 aromatic carbocycles. The molecule has 0 radical (unpaired) electrons. The summed E-state index contributed by atoms with van der Waals surface area (Å²) in [5.74, 6) is 0. The van der Waals surface area contributed by atoms with Crippen molar-refractivity contribution in [2.45, 2.75) is 40.2 Å². The largest absolute Gasteiger partial charge is 0.405 e. The molecule has 0 saturated heterocycles. The summed E-state index contributed by atoms with van der Waals surface area (Å²) in [7, 11) is -3.56. The van der Waals surface area contributed by atoms with Crippen LogP contribution in [0.2, 0.25) is 0 Å². The quantitative estimate of drug-likeness (QED) is 0.795. The lowest BCUT2D eigenvalue weighted by atomic mass is 10.1. The van der Waals surface area contributed by atoms with E-state index in [2.05, 4.69) is 32.6 Å². The summed E-state index contributed by atoms with van der Waals surface area (Å²) in [6.45, 7) is 8.47. The number of fused-ring (bicyclic) bond motifs is 2. The average molecular weight is 315 g/mol. The van der Waals surface area contributed by atoms with E-state index in [4.69, 9.17) is 0 Å². The van der Waals surface area contributed by atoms with Crippen molar-refractivity contribution < 1.29 is 9.59 Å². The van der Waals surface area contributed by atoms with Gasteiger partial charge >= 0.3 is 8.56 Å². The Balaban J connectivity index is 0.000000545. The van der Waals surface area contributed by atoms with Crippen LogP contribution < -0.4 is 15.3 Å². The molecule has 0 amide bonds. The lowest BCUT2D eigenvalue weighted by Gasteiger charge is -2.40. The summed E-state index contributed by atoms with van der Waals surface area (Å²) in [5.41, 5.74) is 1.82. The van der Waals surface area contributed by atoms with Gasteiger partial charge in [0.25, 0.3) is 0 Å². The van der Waals surface area contributed by atoms with Crippen LogP contribution in [0.4, 0.5) is 11.4 Å². The van der Waals surface area contributed by atoms with Gasteiger partial charge in [-0.1, -0.05) is 56.7 Å². The zero-order valence-electron chi connectivity index (χ0n) is 13.7. The second-order valence-electron chi connectivity index (χ2n) is 5.88. The molecule has 2 aromatic rings. The van der Waals surface area contributed by atoms with Crippen LogP contribution >= 0.6 is 0 Å². The fourth-order valence-corrected chi connectivity index (χ4v) is 4.86. The van der Waals surface area contributed by atoms with Gasteiger partial charge in [0, 0.05) is 27.8 Å². The minimum Gasteiger partial charge on any atom is -0.404 e. The van der Waals surface area contributed by atoms with Gasteiger partial charge in [-0.25, -0.2) is 0 Å². The maximum absolute atomic E-state index is 10.6. The Morgan fingerprint density at radius 1 is 0.864 bits per heavy atom. The summed E-state index contributed by atoms with van der Waals surface area (Å²) >= 11 is 0. The van der Waals surface area contributed by atoms with E-state index in [0.717, 1.165) is 11.4 Å². The number of nitrogens with zero attached hydrogens (tertiary/aromatic N) is 1. The third kappa shape index (κ3) is 2.82. The first-order chi connectivity index (χ1) is 10.4. The van der Waals surface area contributed by atoms with E-state index >= 15 is 0 Å². The van der Waals surface area contributed by atoms with Crippen molar-refractivity contribution in [1.29, 1.82) is 0 Å². The van der Waals surface area contributed by atoms with Gasteiger partial charge in [-0.3, -0.25) is 0 Å². The molecule has 0 aliphatic carbocycles. The second kappa shape index (κ2) is 6.65. The molecule has 3 nitrogen and oxygen atoms in total. The van der Waals surface area contributed by atoms with Crippen LogP contribution in [0.25, 0.3) is 0 Å². The smallest absolute Gasteiger partial charge is 0.404 e. The summed E-state index contributed by atoms with van der Waals surface area (Å²) in [6, 6.07) is 15.4. The van der Waals surface area contributed by atoms with E-state index in [0.29, 0.717) is 10.4 Å². The molecule has 118 valence electrons. The van der Waals surface area contributed by atoms with E-state index in [1.807, 2.05) is 48.5 Å². The Labute approximate surface area is 134 Å². The van der Waals surface area contributed by atoms with Crippen LogP contribution in [0.3, 0.4) is 0 Å². The number of hydrogen-bond acceptors (Lipinski definition) is 3. The van der Waals surface area contributed by atoms with Crippen molar-refractivity contribution in [2.75, 3.05) is 4.90 Å². The topological polar surface area (TPSA) is 43.7 Å². The SMILES string of the molecule is CC(C)N1c2ccccc2[Si](O)(O)c2ccccc21.CCC. The highest BCUT2D eigenvalue weighted by molar-refractivity contribution is 6.93. The maximum atomic E-state index is 10.6. The van der Waals surface area contributed by atoms with Crippen LogP contribution in [0.1, 0.15) is 34.1 Å². The van der Waals surface area contributed by atoms with Gasteiger partial charge in [-0.2, -0.15) is 0 Å². The molecule has 1 heterocycles. The molecular formula is C18H25NO2Si. The van der Waals surface area contributed by atoms with Crippen molar-refractivity contribution in [3.63, 3.8) is 0 Å². The minimum absolute atomic E-state index is 0.257. The highest BCUT2D eigenvalue weighted by Gasteiger charge is 2.44. The first-order valence-corrected chi connectivity index (χ1v) is 9.77. The van der Waals surface area contributed by atoms with E-state index in [9.17, 15) is 9.59 Å².